The number of aromatic nitrogens is 1. The monoisotopic (exact) mass is 386 g/mol. The molecule has 0 spiro atoms. The molecule has 3 rings (SSSR count). The second kappa shape index (κ2) is 8.88. The number of aryl methyl sites for hydroxylation is 3. The maximum Gasteiger partial charge on any atom is 0.260 e. The molecule has 1 aromatic heterocycles. The first-order valence-electron chi connectivity index (χ1n) is 9.34. The molecule has 8 nitrogen and oxygen atoms in total. The number of amides is 2. The van der Waals surface area contributed by atoms with Gasteiger partial charge in [0.2, 0.25) is 5.91 Å². The molecule has 0 unspecified atom stereocenters. The zero-order valence-electron chi connectivity index (χ0n) is 16.5. The molecule has 1 fully saturated rings. The van der Waals surface area contributed by atoms with E-state index in [9.17, 15) is 9.59 Å². The lowest BCUT2D eigenvalue weighted by molar-refractivity contribution is -0.135. The second-order valence-electron chi connectivity index (χ2n) is 7.09. The Balaban J connectivity index is 1.40. The summed E-state index contributed by atoms with van der Waals surface area (Å²) in [6, 6.07) is 7.57. The number of piperazine rings is 1. The summed E-state index contributed by atoms with van der Waals surface area (Å²) < 4.78 is 10.6. The molecule has 1 saturated heterocycles. The van der Waals surface area contributed by atoms with Crippen LogP contribution in [0.25, 0.3) is 0 Å². The zero-order chi connectivity index (χ0) is 20.1. The standard InChI is InChI=1S/C20H26N4O4/c1-14-4-5-17(15(2)10-14)27-13-20(26)24-8-6-23(7-9-24)12-19(25)21-18-11-16(3)28-22-18/h4-5,10-11H,6-9,12-13H2,1-3H3,(H,21,22,25). The van der Waals surface area contributed by atoms with E-state index >= 15 is 0 Å². The number of carbonyl (C=O) groups is 2. The third kappa shape index (κ3) is 5.32. The van der Waals surface area contributed by atoms with Crippen LogP contribution in [0.3, 0.4) is 0 Å². The Morgan fingerprint density at radius 2 is 1.89 bits per heavy atom. The molecule has 8 heteroatoms. The number of rotatable bonds is 6. The quantitative estimate of drug-likeness (QED) is 0.814. The lowest BCUT2D eigenvalue weighted by atomic mass is 10.1. The van der Waals surface area contributed by atoms with E-state index in [4.69, 9.17) is 9.26 Å². The summed E-state index contributed by atoms with van der Waals surface area (Å²) in [6.45, 7) is 8.47. The molecule has 150 valence electrons. The highest BCUT2D eigenvalue weighted by atomic mass is 16.5. The molecule has 0 bridgehead atoms. The van der Waals surface area contributed by atoms with Crippen molar-refractivity contribution in [1.82, 2.24) is 15.0 Å². The average molecular weight is 386 g/mol. The van der Waals surface area contributed by atoms with Crippen LogP contribution in [0.15, 0.2) is 28.8 Å². The fraction of sp³-hybridized carbons (Fsp3) is 0.450. The average Bonchev–Trinajstić information content (AvgIpc) is 3.06. The number of hydrogen-bond donors (Lipinski definition) is 1. The highest BCUT2D eigenvalue weighted by Crippen LogP contribution is 2.18. The Morgan fingerprint density at radius 3 is 2.54 bits per heavy atom. The first-order valence-corrected chi connectivity index (χ1v) is 9.34. The van der Waals surface area contributed by atoms with Crippen molar-refractivity contribution in [2.24, 2.45) is 0 Å². The van der Waals surface area contributed by atoms with Crippen molar-refractivity contribution < 1.29 is 18.8 Å². The Labute approximate surface area is 164 Å². The van der Waals surface area contributed by atoms with Crippen LogP contribution >= 0.6 is 0 Å². The molecule has 1 N–H and O–H groups in total. The molecule has 1 aliphatic rings. The summed E-state index contributed by atoms with van der Waals surface area (Å²) in [5.41, 5.74) is 2.18. The molecule has 2 aromatic rings. The Hall–Kier alpha value is -2.87. The molecule has 0 saturated carbocycles. The van der Waals surface area contributed by atoms with Gasteiger partial charge in [-0.3, -0.25) is 14.5 Å². The third-order valence-electron chi connectivity index (χ3n) is 4.67. The van der Waals surface area contributed by atoms with Crippen molar-refractivity contribution in [2.45, 2.75) is 20.8 Å². The largest absolute Gasteiger partial charge is 0.484 e. The number of nitrogens with one attached hydrogen (secondary N) is 1. The molecule has 2 heterocycles. The van der Waals surface area contributed by atoms with Gasteiger partial charge in [-0.15, -0.1) is 0 Å². The van der Waals surface area contributed by atoms with Gasteiger partial charge in [-0.05, 0) is 32.4 Å². The fourth-order valence-electron chi connectivity index (χ4n) is 3.16. The molecule has 1 aromatic carbocycles. The number of hydrogen-bond acceptors (Lipinski definition) is 6. The van der Waals surface area contributed by atoms with Crippen LogP contribution in [0.2, 0.25) is 0 Å². The van der Waals surface area contributed by atoms with E-state index in [-0.39, 0.29) is 25.0 Å². The number of anilines is 1. The fourth-order valence-corrected chi connectivity index (χ4v) is 3.16. The Morgan fingerprint density at radius 1 is 1.14 bits per heavy atom. The Bertz CT molecular complexity index is 840. The lowest BCUT2D eigenvalue weighted by Crippen LogP contribution is -2.51. The van der Waals surface area contributed by atoms with Crippen LogP contribution in [0, 0.1) is 20.8 Å². The van der Waals surface area contributed by atoms with Gasteiger partial charge in [0.1, 0.15) is 11.5 Å². The number of nitrogens with zero attached hydrogens (tertiary/aromatic N) is 3. The zero-order valence-corrected chi connectivity index (χ0v) is 16.5. The van der Waals surface area contributed by atoms with Crippen molar-refractivity contribution in [3.63, 3.8) is 0 Å². The molecule has 0 aliphatic carbocycles. The van der Waals surface area contributed by atoms with Crippen molar-refractivity contribution in [3.8, 4) is 5.75 Å². The smallest absolute Gasteiger partial charge is 0.260 e. The maximum absolute atomic E-state index is 12.4. The normalized spacial score (nSPS) is 14.8. The molecule has 28 heavy (non-hydrogen) atoms. The van der Waals surface area contributed by atoms with Gasteiger partial charge in [-0.1, -0.05) is 22.9 Å². The summed E-state index contributed by atoms with van der Waals surface area (Å²) in [5, 5.41) is 6.45. The summed E-state index contributed by atoms with van der Waals surface area (Å²) in [6.07, 6.45) is 0. The van der Waals surface area contributed by atoms with E-state index in [1.165, 1.54) is 0 Å². The number of benzene rings is 1. The summed E-state index contributed by atoms with van der Waals surface area (Å²) in [4.78, 5) is 28.3. The van der Waals surface area contributed by atoms with Crippen molar-refractivity contribution in [3.05, 3.63) is 41.2 Å². The molecule has 0 atom stereocenters. The maximum atomic E-state index is 12.4. The molecular formula is C20H26N4O4. The highest BCUT2D eigenvalue weighted by Gasteiger charge is 2.23. The van der Waals surface area contributed by atoms with Gasteiger partial charge in [0.15, 0.2) is 12.4 Å². The molecule has 1 aliphatic heterocycles. The summed E-state index contributed by atoms with van der Waals surface area (Å²) in [7, 11) is 0. The third-order valence-corrected chi connectivity index (χ3v) is 4.67. The summed E-state index contributed by atoms with van der Waals surface area (Å²) >= 11 is 0. The van der Waals surface area contributed by atoms with Crippen molar-refractivity contribution in [2.75, 3.05) is 44.6 Å². The van der Waals surface area contributed by atoms with Gasteiger partial charge in [0.05, 0.1) is 6.54 Å². The number of carbonyl (C=O) groups excluding carboxylic acids is 2. The molecule has 0 radical (unpaired) electrons. The predicted molar refractivity (Wildman–Crippen MR) is 104 cm³/mol. The van der Waals surface area contributed by atoms with E-state index in [1.54, 1.807) is 17.9 Å². The number of ether oxygens (including phenoxy) is 1. The predicted octanol–water partition coefficient (Wildman–Crippen LogP) is 1.76. The van der Waals surface area contributed by atoms with Gasteiger partial charge in [-0.25, -0.2) is 0 Å². The van der Waals surface area contributed by atoms with Crippen LogP contribution in [0.1, 0.15) is 16.9 Å². The minimum absolute atomic E-state index is 0.0237. The minimum atomic E-state index is -0.147. The molecular weight excluding hydrogens is 360 g/mol. The van der Waals surface area contributed by atoms with E-state index in [0.717, 1.165) is 16.9 Å². The van der Waals surface area contributed by atoms with Crippen LogP contribution < -0.4 is 10.1 Å². The first-order chi connectivity index (χ1) is 13.4. The highest BCUT2D eigenvalue weighted by molar-refractivity contribution is 5.91. The Kier molecular flexibility index (Phi) is 6.30. The van der Waals surface area contributed by atoms with Crippen LogP contribution in [0.5, 0.6) is 5.75 Å². The van der Waals surface area contributed by atoms with Gasteiger partial charge >= 0.3 is 0 Å². The second-order valence-corrected chi connectivity index (χ2v) is 7.09. The van der Waals surface area contributed by atoms with Crippen LogP contribution in [-0.4, -0.2) is 66.1 Å². The van der Waals surface area contributed by atoms with Crippen LogP contribution in [-0.2, 0) is 9.59 Å². The summed E-state index contributed by atoms with van der Waals surface area (Å²) in [5.74, 6) is 1.61. The van der Waals surface area contributed by atoms with E-state index in [1.807, 2.05) is 36.9 Å². The van der Waals surface area contributed by atoms with Crippen molar-refractivity contribution >= 4 is 17.6 Å². The van der Waals surface area contributed by atoms with Gasteiger partial charge in [-0.2, -0.15) is 0 Å². The van der Waals surface area contributed by atoms with Crippen LogP contribution in [0.4, 0.5) is 5.82 Å². The molecule has 2 amide bonds. The van der Waals surface area contributed by atoms with E-state index in [2.05, 4.69) is 10.5 Å². The van der Waals surface area contributed by atoms with Gasteiger partial charge in [0, 0.05) is 32.2 Å². The van der Waals surface area contributed by atoms with E-state index < -0.39 is 0 Å². The van der Waals surface area contributed by atoms with Gasteiger partial charge < -0.3 is 19.5 Å². The topological polar surface area (TPSA) is 87.9 Å². The SMILES string of the molecule is Cc1ccc(OCC(=O)N2CCN(CC(=O)Nc3cc(C)on3)CC2)c(C)c1. The van der Waals surface area contributed by atoms with E-state index in [0.29, 0.717) is 37.8 Å². The lowest BCUT2D eigenvalue weighted by Gasteiger charge is -2.34. The first kappa shape index (κ1) is 19.9. The minimum Gasteiger partial charge on any atom is -0.484 e. The van der Waals surface area contributed by atoms with Gasteiger partial charge in [0.25, 0.3) is 5.91 Å². The van der Waals surface area contributed by atoms with Crippen molar-refractivity contribution in [1.29, 1.82) is 0 Å².